The second-order valence-electron chi connectivity index (χ2n) is 4.43. The molecule has 20 heavy (non-hydrogen) atoms. The molecule has 0 radical (unpaired) electrons. The number of nitrogens with one attached hydrogen (secondary N) is 1. The molecule has 1 N–H and O–H groups in total. The second-order valence-corrected chi connectivity index (χ2v) is 6.39. The molecule has 5 nitrogen and oxygen atoms in total. The van der Waals surface area contributed by atoms with Crippen molar-refractivity contribution in [2.24, 2.45) is 0 Å². The summed E-state index contributed by atoms with van der Waals surface area (Å²) in [4.78, 5) is 0. The molecular weight excluding hydrogens is 281 g/mol. The maximum Gasteiger partial charge on any atom is 0.303 e. The fourth-order valence-electron chi connectivity index (χ4n) is 1.85. The Kier molecular flexibility index (Phi) is 6.38. The largest absolute Gasteiger partial charge is 0.320 e. The van der Waals surface area contributed by atoms with E-state index in [9.17, 15) is 12.8 Å². The lowest BCUT2D eigenvalue weighted by atomic mass is 10.3. The van der Waals surface area contributed by atoms with E-state index in [1.807, 2.05) is 7.05 Å². The molecule has 1 aromatic rings. The van der Waals surface area contributed by atoms with Gasteiger partial charge in [-0.2, -0.15) is 12.7 Å². The molecular formula is C13H22FN3O2S. The Balaban J connectivity index is 2.89. The molecule has 114 valence electrons. The zero-order valence-corrected chi connectivity index (χ0v) is 13.0. The van der Waals surface area contributed by atoms with E-state index in [2.05, 4.69) is 5.32 Å². The molecule has 0 bridgehead atoms. The third kappa shape index (κ3) is 4.16. The first-order chi connectivity index (χ1) is 9.43. The van der Waals surface area contributed by atoms with Crippen molar-refractivity contribution in [3.8, 4) is 0 Å². The number of benzene rings is 1. The predicted octanol–water partition coefficient (Wildman–Crippen LogP) is 1.44. The van der Waals surface area contributed by atoms with Crippen molar-refractivity contribution in [1.29, 1.82) is 0 Å². The summed E-state index contributed by atoms with van der Waals surface area (Å²) in [5.41, 5.74) is 0.467. The molecule has 0 atom stereocenters. The zero-order valence-electron chi connectivity index (χ0n) is 12.1. The van der Waals surface area contributed by atoms with Crippen molar-refractivity contribution < 1.29 is 12.8 Å². The van der Waals surface area contributed by atoms with E-state index in [0.717, 1.165) is 13.0 Å². The predicted molar refractivity (Wildman–Crippen MR) is 79.5 cm³/mol. The van der Waals surface area contributed by atoms with Crippen LogP contribution in [-0.2, 0) is 10.2 Å². The van der Waals surface area contributed by atoms with Gasteiger partial charge in [-0.25, -0.2) is 4.39 Å². The Labute approximate surface area is 120 Å². The number of rotatable bonds is 8. The average molecular weight is 303 g/mol. The summed E-state index contributed by atoms with van der Waals surface area (Å²) in [6.45, 7) is 3.23. The van der Waals surface area contributed by atoms with E-state index in [1.165, 1.54) is 32.9 Å². The van der Waals surface area contributed by atoms with E-state index >= 15 is 0 Å². The van der Waals surface area contributed by atoms with Crippen LogP contribution in [0.5, 0.6) is 0 Å². The van der Waals surface area contributed by atoms with Crippen LogP contribution in [0.4, 0.5) is 10.1 Å². The van der Waals surface area contributed by atoms with Crippen molar-refractivity contribution in [3.05, 3.63) is 30.1 Å². The number of halogens is 1. The molecule has 1 rings (SSSR count). The Hall–Kier alpha value is -1.18. The van der Waals surface area contributed by atoms with Gasteiger partial charge in [-0.05, 0) is 51.2 Å². The molecule has 0 aromatic heterocycles. The van der Waals surface area contributed by atoms with Crippen molar-refractivity contribution >= 4 is 15.9 Å². The minimum absolute atomic E-state index is 0.296. The molecule has 0 unspecified atom stereocenters. The van der Waals surface area contributed by atoms with Crippen LogP contribution >= 0.6 is 0 Å². The summed E-state index contributed by atoms with van der Waals surface area (Å²) in [5.74, 6) is -0.385. The van der Waals surface area contributed by atoms with Crippen LogP contribution in [0.15, 0.2) is 24.3 Å². The monoisotopic (exact) mass is 303 g/mol. The highest BCUT2D eigenvalue weighted by atomic mass is 32.2. The standard InChI is InChI=1S/C13H22FN3O2S/c1-4-17(13-8-6-12(14)7-9-13)20(18,19)16(3)11-5-10-15-2/h6-9,15H,4-5,10-11H2,1-3H3. The lowest BCUT2D eigenvalue weighted by Gasteiger charge is -2.28. The van der Waals surface area contributed by atoms with E-state index in [4.69, 9.17) is 0 Å². The minimum atomic E-state index is -3.58. The van der Waals surface area contributed by atoms with Gasteiger partial charge in [0.15, 0.2) is 0 Å². The van der Waals surface area contributed by atoms with E-state index < -0.39 is 10.2 Å². The average Bonchev–Trinajstić information content (AvgIpc) is 2.41. The van der Waals surface area contributed by atoms with Gasteiger partial charge < -0.3 is 5.32 Å². The molecule has 0 saturated carbocycles. The van der Waals surface area contributed by atoms with Crippen LogP contribution in [0.3, 0.4) is 0 Å². The number of hydrogen-bond donors (Lipinski definition) is 1. The quantitative estimate of drug-likeness (QED) is 0.739. The lowest BCUT2D eigenvalue weighted by Crippen LogP contribution is -2.42. The topological polar surface area (TPSA) is 52.7 Å². The maximum absolute atomic E-state index is 12.9. The van der Waals surface area contributed by atoms with E-state index in [0.29, 0.717) is 18.8 Å². The van der Waals surface area contributed by atoms with Gasteiger partial charge in [-0.15, -0.1) is 0 Å². The molecule has 0 aliphatic carbocycles. The molecule has 0 aliphatic rings. The molecule has 0 aliphatic heterocycles. The first-order valence-corrected chi connectivity index (χ1v) is 7.97. The van der Waals surface area contributed by atoms with Crippen molar-refractivity contribution in [2.45, 2.75) is 13.3 Å². The second kappa shape index (κ2) is 7.56. The van der Waals surface area contributed by atoms with Gasteiger partial charge in [-0.1, -0.05) is 0 Å². The summed E-state index contributed by atoms with van der Waals surface area (Å²) in [6, 6.07) is 5.46. The van der Waals surface area contributed by atoms with Crippen LogP contribution in [0.2, 0.25) is 0 Å². The molecule has 0 amide bonds. The first-order valence-electron chi connectivity index (χ1n) is 6.57. The van der Waals surface area contributed by atoms with Crippen LogP contribution < -0.4 is 9.62 Å². The number of anilines is 1. The Morgan fingerprint density at radius 3 is 2.35 bits per heavy atom. The van der Waals surface area contributed by atoms with Gasteiger partial charge in [0.05, 0.1) is 5.69 Å². The molecule has 7 heteroatoms. The summed E-state index contributed by atoms with van der Waals surface area (Å²) in [7, 11) is -0.204. The Morgan fingerprint density at radius 2 is 1.85 bits per heavy atom. The lowest BCUT2D eigenvalue weighted by molar-refractivity contribution is 0.455. The maximum atomic E-state index is 12.9. The number of hydrogen-bond acceptors (Lipinski definition) is 3. The van der Waals surface area contributed by atoms with Crippen LogP contribution in [0, 0.1) is 5.82 Å². The molecule has 0 saturated heterocycles. The summed E-state index contributed by atoms with van der Waals surface area (Å²) >= 11 is 0. The molecule has 0 fully saturated rings. The fraction of sp³-hybridized carbons (Fsp3) is 0.538. The Morgan fingerprint density at radius 1 is 1.25 bits per heavy atom. The van der Waals surface area contributed by atoms with Gasteiger partial charge in [0.1, 0.15) is 5.82 Å². The highest BCUT2D eigenvalue weighted by Crippen LogP contribution is 2.20. The van der Waals surface area contributed by atoms with Crippen LogP contribution in [0.1, 0.15) is 13.3 Å². The Bertz CT molecular complexity index is 505. The van der Waals surface area contributed by atoms with E-state index in [1.54, 1.807) is 14.0 Å². The smallest absolute Gasteiger partial charge is 0.303 e. The zero-order chi connectivity index (χ0) is 15.2. The molecule has 1 aromatic carbocycles. The minimum Gasteiger partial charge on any atom is -0.320 e. The van der Waals surface area contributed by atoms with Gasteiger partial charge >= 0.3 is 10.2 Å². The van der Waals surface area contributed by atoms with Crippen molar-refractivity contribution in [1.82, 2.24) is 9.62 Å². The summed E-state index contributed by atoms with van der Waals surface area (Å²) in [5, 5.41) is 2.98. The summed E-state index contributed by atoms with van der Waals surface area (Å²) in [6.07, 6.45) is 0.729. The van der Waals surface area contributed by atoms with Gasteiger partial charge in [0, 0.05) is 20.1 Å². The van der Waals surface area contributed by atoms with E-state index in [-0.39, 0.29) is 5.82 Å². The third-order valence-corrected chi connectivity index (χ3v) is 4.97. The third-order valence-electron chi connectivity index (χ3n) is 2.97. The van der Waals surface area contributed by atoms with Gasteiger partial charge in [-0.3, -0.25) is 4.31 Å². The molecule has 0 heterocycles. The van der Waals surface area contributed by atoms with Crippen LogP contribution in [0.25, 0.3) is 0 Å². The van der Waals surface area contributed by atoms with Crippen molar-refractivity contribution in [2.75, 3.05) is 38.0 Å². The summed E-state index contributed by atoms with van der Waals surface area (Å²) < 4.78 is 40.5. The van der Waals surface area contributed by atoms with Gasteiger partial charge in [0.2, 0.25) is 0 Å². The highest BCUT2D eigenvalue weighted by molar-refractivity contribution is 7.90. The molecule has 0 spiro atoms. The fourth-order valence-corrected chi connectivity index (χ4v) is 3.26. The van der Waals surface area contributed by atoms with Crippen molar-refractivity contribution in [3.63, 3.8) is 0 Å². The highest BCUT2D eigenvalue weighted by Gasteiger charge is 2.25. The number of nitrogens with zero attached hydrogens (tertiary/aromatic N) is 2. The first kappa shape index (κ1) is 16.9. The SMILES string of the molecule is CCN(c1ccc(F)cc1)S(=O)(=O)N(C)CCCNC. The van der Waals surface area contributed by atoms with Gasteiger partial charge in [0.25, 0.3) is 0 Å². The van der Waals surface area contributed by atoms with Crippen LogP contribution in [-0.4, -0.2) is 46.5 Å². The normalized spacial score (nSPS) is 11.8.